The molecular formula is C17H17N5O2S2. The molecule has 2 aromatic heterocycles. The molecule has 0 saturated heterocycles. The Morgan fingerprint density at radius 3 is 2.62 bits per heavy atom. The number of carbonyl (C=O) groups is 2. The Morgan fingerprint density at radius 1 is 1.12 bits per heavy atom. The highest BCUT2D eigenvalue weighted by Gasteiger charge is 2.10. The molecule has 0 aliphatic heterocycles. The number of thiazole rings is 1. The molecule has 9 heteroatoms. The normalized spacial score (nSPS) is 10.9. The first-order valence-corrected chi connectivity index (χ1v) is 9.74. The number of amides is 2. The summed E-state index contributed by atoms with van der Waals surface area (Å²) in [6, 6.07) is 11.1. The summed E-state index contributed by atoms with van der Waals surface area (Å²) in [7, 11) is 0. The van der Waals surface area contributed by atoms with Crippen LogP contribution in [0.4, 0.5) is 10.9 Å². The van der Waals surface area contributed by atoms with Crippen molar-refractivity contribution in [3.8, 4) is 0 Å². The molecule has 0 spiro atoms. The van der Waals surface area contributed by atoms with Gasteiger partial charge < -0.3 is 10.6 Å². The predicted octanol–water partition coefficient (Wildman–Crippen LogP) is 3.41. The fourth-order valence-corrected chi connectivity index (χ4v) is 3.45. The van der Waals surface area contributed by atoms with Crippen molar-refractivity contribution in [1.82, 2.24) is 15.2 Å². The van der Waals surface area contributed by atoms with Crippen LogP contribution in [0.1, 0.15) is 13.8 Å². The summed E-state index contributed by atoms with van der Waals surface area (Å²) in [5.74, 6) is 0.189. The van der Waals surface area contributed by atoms with Crippen LogP contribution in [0.15, 0.2) is 41.4 Å². The van der Waals surface area contributed by atoms with E-state index in [1.54, 1.807) is 26.0 Å². The van der Waals surface area contributed by atoms with Crippen molar-refractivity contribution in [3.05, 3.63) is 36.4 Å². The van der Waals surface area contributed by atoms with E-state index in [2.05, 4.69) is 25.8 Å². The van der Waals surface area contributed by atoms with Crippen molar-refractivity contribution < 1.29 is 9.59 Å². The Kier molecular flexibility index (Phi) is 5.79. The van der Waals surface area contributed by atoms with Gasteiger partial charge in [-0.25, -0.2) is 4.98 Å². The zero-order valence-electron chi connectivity index (χ0n) is 14.2. The Morgan fingerprint density at radius 2 is 1.92 bits per heavy atom. The van der Waals surface area contributed by atoms with Crippen LogP contribution in [-0.2, 0) is 9.59 Å². The molecule has 0 atom stereocenters. The lowest BCUT2D eigenvalue weighted by molar-refractivity contribution is -0.119. The molecule has 2 amide bonds. The summed E-state index contributed by atoms with van der Waals surface area (Å²) in [6.45, 7) is 3.61. The molecule has 2 heterocycles. The smallest absolute Gasteiger partial charge is 0.236 e. The van der Waals surface area contributed by atoms with Crippen LogP contribution >= 0.6 is 23.1 Å². The average Bonchev–Trinajstić information content (AvgIpc) is 3.03. The number of aromatic nitrogens is 3. The van der Waals surface area contributed by atoms with Crippen molar-refractivity contribution in [3.63, 3.8) is 0 Å². The first-order chi connectivity index (χ1) is 12.5. The van der Waals surface area contributed by atoms with E-state index < -0.39 is 0 Å². The van der Waals surface area contributed by atoms with E-state index in [0.29, 0.717) is 16.0 Å². The number of rotatable bonds is 6. The molecule has 134 valence electrons. The lowest BCUT2D eigenvalue weighted by atomic mass is 10.2. The highest BCUT2D eigenvalue weighted by atomic mass is 32.2. The minimum atomic E-state index is -0.159. The molecule has 0 aliphatic rings. The number of anilines is 2. The summed E-state index contributed by atoms with van der Waals surface area (Å²) in [4.78, 5) is 28.1. The summed E-state index contributed by atoms with van der Waals surface area (Å²) < 4.78 is 1.03. The maximum atomic E-state index is 12.1. The summed E-state index contributed by atoms with van der Waals surface area (Å²) in [6.07, 6.45) is 0. The van der Waals surface area contributed by atoms with Gasteiger partial charge in [0.15, 0.2) is 10.9 Å². The third-order valence-electron chi connectivity index (χ3n) is 3.31. The lowest BCUT2D eigenvalue weighted by Gasteiger charge is -2.06. The van der Waals surface area contributed by atoms with Crippen molar-refractivity contribution in [2.45, 2.75) is 18.9 Å². The monoisotopic (exact) mass is 387 g/mol. The first kappa shape index (κ1) is 18.3. The van der Waals surface area contributed by atoms with Crippen LogP contribution < -0.4 is 10.6 Å². The molecule has 0 bridgehead atoms. The number of nitrogens with zero attached hydrogens (tertiary/aromatic N) is 3. The van der Waals surface area contributed by atoms with E-state index in [-0.39, 0.29) is 23.5 Å². The molecule has 26 heavy (non-hydrogen) atoms. The number of para-hydroxylation sites is 1. The largest absolute Gasteiger partial charge is 0.309 e. The molecule has 0 unspecified atom stereocenters. The van der Waals surface area contributed by atoms with Gasteiger partial charge in [-0.3, -0.25) is 9.59 Å². The molecule has 0 saturated carbocycles. The first-order valence-electron chi connectivity index (χ1n) is 7.94. The zero-order valence-corrected chi connectivity index (χ0v) is 15.9. The highest BCUT2D eigenvalue weighted by molar-refractivity contribution is 7.99. The number of fused-ring (bicyclic) bond motifs is 1. The third-order valence-corrected chi connectivity index (χ3v) is 5.18. The van der Waals surface area contributed by atoms with Crippen LogP contribution in [0.2, 0.25) is 0 Å². The van der Waals surface area contributed by atoms with Crippen molar-refractivity contribution >= 4 is 56.1 Å². The maximum Gasteiger partial charge on any atom is 0.236 e. The lowest BCUT2D eigenvalue weighted by Crippen LogP contribution is -2.18. The molecule has 1 aromatic carbocycles. The van der Waals surface area contributed by atoms with Gasteiger partial charge in [-0.2, -0.15) is 0 Å². The fourth-order valence-electron chi connectivity index (χ4n) is 1.95. The van der Waals surface area contributed by atoms with Gasteiger partial charge in [0.1, 0.15) is 5.03 Å². The van der Waals surface area contributed by atoms with Crippen LogP contribution in [0, 0.1) is 5.92 Å². The Hall–Kier alpha value is -2.52. The van der Waals surface area contributed by atoms with Crippen molar-refractivity contribution in [1.29, 1.82) is 0 Å². The Labute approximate surface area is 158 Å². The van der Waals surface area contributed by atoms with E-state index in [9.17, 15) is 9.59 Å². The Balaban J connectivity index is 1.51. The number of benzene rings is 1. The average molecular weight is 387 g/mol. The topological polar surface area (TPSA) is 96.9 Å². The van der Waals surface area contributed by atoms with Gasteiger partial charge in [0, 0.05) is 5.92 Å². The van der Waals surface area contributed by atoms with Gasteiger partial charge in [-0.15, -0.1) is 10.2 Å². The van der Waals surface area contributed by atoms with Gasteiger partial charge >= 0.3 is 0 Å². The van der Waals surface area contributed by atoms with E-state index in [0.717, 1.165) is 10.2 Å². The van der Waals surface area contributed by atoms with Crippen LogP contribution in [0.3, 0.4) is 0 Å². The second kappa shape index (κ2) is 8.24. The summed E-state index contributed by atoms with van der Waals surface area (Å²) in [5.41, 5.74) is 0.866. The van der Waals surface area contributed by atoms with Crippen LogP contribution in [0.5, 0.6) is 0 Å². The van der Waals surface area contributed by atoms with Crippen LogP contribution in [0.25, 0.3) is 10.2 Å². The Bertz CT molecular complexity index is 891. The minimum Gasteiger partial charge on any atom is -0.309 e. The minimum absolute atomic E-state index is 0.116. The number of hydrogen-bond donors (Lipinski definition) is 2. The van der Waals surface area contributed by atoms with E-state index in [1.807, 2.05) is 24.3 Å². The van der Waals surface area contributed by atoms with Gasteiger partial charge in [0.05, 0.1) is 16.0 Å². The van der Waals surface area contributed by atoms with Crippen molar-refractivity contribution in [2.75, 3.05) is 16.4 Å². The maximum absolute atomic E-state index is 12.1. The molecule has 0 aliphatic carbocycles. The standard InChI is InChI=1S/C17H17N5O2S2/c1-10(2)16(24)19-13-7-8-15(22-21-13)25-9-14(23)20-17-18-11-5-3-4-6-12(11)26-17/h3-8,10H,9H2,1-2H3,(H,18,20,23)(H,19,21,24). The van der Waals surface area contributed by atoms with Gasteiger partial charge in [0.2, 0.25) is 11.8 Å². The summed E-state index contributed by atoms with van der Waals surface area (Å²) in [5, 5.41) is 14.6. The van der Waals surface area contributed by atoms with Gasteiger partial charge in [-0.1, -0.05) is 49.1 Å². The second-order valence-electron chi connectivity index (χ2n) is 5.72. The van der Waals surface area contributed by atoms with Gasteiger partial charge in [0.25, 0.3) is 0 Å². The molecule has 0 radical (unpaired) electrons. The van der Waals surface area contributed by atoms with E-state index in [1.165, 1.54) is 23.1 Å². The number of hydrogen-bond acceptors (Lipinski definition) is 7. The van der Waals surface area contributed by atoms with Crippen LogP contribution in [-0.4, -0.2) is 32.7 Å². The fraction of sp³-hybridized carbons (Fsp3) is 0.235. The molecule has 2 N–H and O–H groups in total. The number of carbonyl (C=O) groups excluding carboxylic acids is 2. The molecular weight excluding hydrogens is 370 g/mol. The quantitative estimate of drug-likeness (QED) is 0.629. The van der Waals surface area contributed by atoms with Gasteiger partial charge in [-0.05, 0) is 24.3 Å². The SMILES string of the molecule is CC(C)C(=O)Nc1ccc(SCC(=O)Nc2nc3ccccc3s2)nn1. The second-order valence-corrected chi connectivity index (χ2v) is 7.75. The number of thioether (sulfide) groups is 1. The molecule has 7 nitrogen and oxygen atoms in total. The van der Waals surface area contributed by atoms with E-state index in [4.69, 9.17) is 0 Å². The zero-order chi connectivity index (χ0) is 18.5. The van der Waals surface area contributed by atoms with Crippen molar-refractivity contribution in [2.24, 2.45) is 5.92 Å². The third kappa shape index (κ3) is 4.77. The highest BCUT2D eigenvalue weighted by Crippen LogP contribution is 2.25. The predicted molar refractivity (Wildman–Crippen MR) is 104 cm³/mol. The summed E-state index contributed by atoms with van der Waals surface area (Å²) >= 11 is 2.70. The molecule has 3 rings (SSSR count). The number of nitrogens with one attached hydrogen (secondary N) is 2. The molecule has 0 fully saturated rings. The van der Waals surface area contributed by atoms with E-state index >= 15 is 0 Å². The molecule has 3 aromatic rings.